The van der Waals surface area contributed by atoms with E-state index >= 15 is 0 Å². The topological polar surface area (TPSA) is 123 Å². The van der Waals surface area contributed by atoms with E-state index in [1.54, 1.807) is 0 Å². The molecule has 1 saturated heterocycles. The molecule has 0 unspecified atom stereocenters. The zero-order valence-electron chi connectivity index (χ0n) is 14.2. The van der Waals surface area contributed by atoms with Crippen LogP contribution in [0.4, 0.5) is 4.39 Å². The highest BCUT2D eigenvalue weighted by molar-refractivity contribution is 7.83. The van der Waals surface area contributed by atoms with Crippen LogP contribution in [0.25, 0.3) is 0 Å². The molecule has 1 aliphatic rings. The molecule has 1 aromatic heterocycles. The molecule has 2 rings (SSSR count). The molecule has 0 amide bonds. The Kier molecular flexibility index (Phi) is 5.26. The summed E-state index contributed by atoms with van der Waals surface area (Å²) in [7, 11) is 0. The van der Waals surface area contributed by atoms with E-state index in [4.69, 9.17) is 9.47 Å². The molecule has 0 saturated carbocycles. The molecule has 0 bridgehead atoms. The molecule has 2 N–H and O–H groups in total. The van der Waals surface area contributed by atoms with Gasteiger partial charge in [-0.05, 0) is 32.9 Å². The maximum Gasteiger partial charge on any atom is 0.225 e. The van der Waals surface area contributed by atoms with Gasteiger partial charge in [-0.3, -0.25) is 14.4 Å². The SMILES string of the molecule is CC(=O)[C@@]1(O)[C@@](S)(C(C)=O)[C@@H](Oc2ccc(F)nc2)OC[C@]1(O)C(C)=O. The third kappa shape index (κ3) is 2.73. The second kappa shape index (κ2) is 6.69. The summed E-state index contributed by atoms with van der Waals surface area (Å²) in [5.41, 5.74) is -5.65. The molecule has 142 valence electrons. The number of hydrogen-bond acceptors (Lipinski definition) is 9. The summed E-state index contributed by atoms with van der Waals surface area (Å²) in [5, 5.41) is 21.7. The quantitative estimate of drug-likeness (QED) is 0.471. The Morgan fingerprint density at radius 1 is 1.23 bits per heavy atom. The van der Waals surface area contributed by atoms with Crippen LogP contribution in [0.15, 0.2) is 18.3 Å². The summed E-state index contributed by atoms with van der Waals surface area (Å²) in [4.78, 5) is 40.0. The van der Waals surface area contributed by atoms with E-state index in [1.165, 1.54) is 6.07 Å². The van der Waals surface area contributed by atoms with Crippen LogP contribution in [0.1, 0.15) is 20.8 Å². The molecule has 0 aliphatic carbocycles. The molecule has 4 atom stereocenters. The third-order valence-corrected chi connectivity index (χ3v) is 5.36. The lowest BCUT2D eigenvalue weighted by Crippen LogP contribution is -2.82. The number of thiol groups is 1. The van der Waals surface area contributed by atoms with Crippen molar-refractivity contribution in [2.75, 3.05) is 6.61 Å². The van der Waals surface area contributed by atoms with E-state index in [0.29, 0.717) is 0 Å². The lowest BCUT2D eigenvalue weighted by Gasteiger charge is -2.54. The number of rotatable bonds is 5. The zero-order chi connectivity index (χ0) is 19.9. The monoisotopic (exact) mass is 387 g/mol. The Bertz CT molecular complexity index is 757. The first-order valence-corrected chi connectivity index (χ1v) is 7.96. The second-order valence-corrected chi connectivity index (χ2v) is 6.79. The normalized spacial score (nSPS) is 34.2. The molecule has 0 aromatic carbocycles. The fraction of sp³-hybridized carbons (Fsp3) is 0.500. The van der Waals surface area contributed by atoms with Gasteiger partial charge in [0.25, 0.3) is 0 Å². The number of ketones is 3. The number of halogens is 1. The van der Waals surface area contributed by atoms with Crippen LogP contribution in [0.3, 0.4) is 0 Å². The lowest BCUT2D eigenvalue weighted by molar-refractivity contribution is -0.265. The molecule has 26 heavy (non-hydrogen) atoms. The average molecular weight is 387 g/mol. The maximum absolute atomic E-state index is 12.9. The van der Waals surface area contributed by atoms with Crippen molar-refractivity contribution >= 4 is 30.0 Å². The van der Waals surface area contributed by atoms with Gasteiger partial charge in [0.15, 0.2) is 33.3 Å². The highest BCUT2D eigenvalue weighted by atomic mass is 32.1. The number of carbonyl (C=O) groups is 3. The minimum absolute atomic E-state index is 0.0461. The van der Waals surface area contributed by atoms with E-state index < -0.39 is 52.1 Å². The Morgan fingerprint density at radius 3 is 2.27 bits per heavy atom. The number of pyridine rings is 1. The number of aliphatic hydroxyl groups is 2. The third-order valence-electron chi connectivity index (χ3n) is 4.51. The number of nitrogens with zero attached hydrogens (tertiary/aromatic N) is 1. The molecule has 0 radical (unpaired) electrons. The van der Waals surface area contributed by atoms with Crippen LogP contribution in [-0.2, 0) is 19.1 Å². The molecule has 10 heteroatoms. The molecule has 1 aromatic rings. The Hall–Kier alpha value is -1.88. The summed E-state index contributed by atoms with van der Waals surface area (Å²) >= 11 is 4.14. The van der Waals surface area contributed by atoms with Gasteiger partial charge in [-0.25, -0.2) is 4.98 Å². The summed E-state index contributed by atoms with van der Waals surface area (Å²) in [6.07, 6.45) is -0.685. The van der Waals surface area contributed by atoms with Gasteiger partial charge in [-0.1, -0.05) is 0 Å². The van der Waals surface area contributed by atoms with Crippen molar-refractivity contribution in [1.82, 2.24) is 4.98 Å². The van der Waals surface area contributed by atoms with Crippen LogP contribution in [0.2, 0.25) is 0 Å². The average Bonchev–Trinajstić information content (AvgIpc) is 2.56. The van der Waals surface area contributed by atoms with Crippen LogP contribution in [0, 0.1) is 5.95 Å². The first kappa shape index (κ1) is 20.4. The molecule has 1 fully saturated rings. The molecule has 2 heterocycles. The molecule has 8 nitrogen and oxygen atoms in total. The van der Waals surface area contributed by atoms with Crippen molar-refractivity contribution in [2.24, 2.45) is 0 Å². The fourth-order valence-corrected chi connectivity index (χ4v) is 3.39. The van der Waals surface area contributed by atoms with Crippen molar-refractivity contribution in [2.45, 2.75) is 43.0 Å². The smallest absolute Gasteiger partial charge is 0.225 e. The molecular formula is C16H18FNO7S. The van der Waals surface area contributed by atoms with Crippen molar-refractivity contribution in [1.29, 1.82) is 0 Å². The van der Waals surface area contributed by atoms with Crippen molar-refractivity contribution in [3.8, 4) is 5.75 Å². The summed E-state index contributed by atoms with van der Waals surface area (Å²) in [5.74, 6) is -3.78. The van der Waals surface area contributed by atoms with Crippen molar-refractivity contribution in [3.05, 3.63) is 24.3 Å². The highest BCUT2D eigenvalue weighted by Gasteiger charge is 2.75. The zero-order valence-corrected chi connectivity index (χ0v) is 15.1. The van der Waals surface area contributed by atoms with Gasteiger partial charge in [0.1, 0.15) is 5.75 Å². The van der Waals surface area contributed by atoms with Gasteiger partial charge >= 0.3 is 0 Å². The van der Waals surface area contributed by atoms with Crippen LogP contribution < -0.4 is 4.74 Å². The van der Waals surface area contributed by atoms with Crippen LogP contribution >= 0.6 is 12.6 Å². The van der Waals surface area contributed by atoms with E-state index in [0.717, 1.165) is 33.0 Å². The summed E-state index contributed by atoms with van der Waals surface area (Å²) in [6.45, 7) is 2.02. The largest absolute Gasteiger partial charge is 0.461 e. The first-order chi connectivity index (χ1) is 11.9. The van der Waals surface area contributed by atoms with Gasteiger partial charge in [-0.2, -0.15) is 17.0 Å². The number of Topliss-reactive ketones (excluding diaryl/α,β-unsaturated/α-hetero) is 3. The number of hydrogen-bond donors (Lipinski definition) is 3. The van der Waals surface area contributed by atoms with Gasteiger partial charge in [0, 0.05) is 0 Å². The van der Waals surface area contributed by atoms with Crippen molar-refractivity contribution in [3.63, 3.8) is 0 Å². The summed E-state index contributed by atoms with van der Waals surface area (Å²) in [6, 6.07) is 2.16. The number of ether oxygens (including phenoxy) is 2. The minimum atomic E-state index is -2.93. The van der Waals surface area contributed by atoms with Gasteiger partial charge < -0.3 is 19.7 Å². The van der Waals surface area contributed by atoms with E-state index in [-0.39, 0.29) is 5.75 Å². The second-order valence-electron chi connectivity index (χ2n) is 6.08. The van der Waals surface area contributed by atoms with Crippen LogP contribution in [0.5, 0.6) is 5.75 Å². The standard InChI is InChI=1S/C16H18FNO7S/c1-8(19)14(22)7-24-13(25-11-4-5-12(17)18-6-11)15(26,9(2)20)16(14,23)10(3)21/h4-6,13,22-23,26H,7H2,1-3H3/t13-,14+,15-,16+/m1/s1. The van der Waals surface area contributed by atoms with E-state index in [2.05, 4.69) is 17.6 Å². The van der Waals surface area contributed by atoms with E-state index in [1.807, 2.05) is 0 Å². The Morgan fingerprint density at radius 2 is 1.85 bits per heavy atom. The van der Waals surface area contributed by atoms with Gasteiger partial charge in [-0.15, -0.1) is 0 Å². The first-order valence-electron chi connectivity index (χ1n) is 7.51. The van der Waals surface area contributed by atoms with Crippen molar-refractivity contribution < 1.29 is 38.5 Å². The molecule has 0 spiro atoms. The predicted molar refractivity (Wildman–Crippen MR) is 88.2 cm³/mol. The maximum atomic E-state index is 12.9. The van der Waals surface area contributed by atoms with E-state index in [9.17, 15) is 29.0 Å². The summed E-state index contributed by atoms with van der Waals surface area (Å²) < 4.78 is 21.2. The molecular weight excluding hydrogens is 369 g/mol. The molecule has 1 aliphatic heterocycles. The van der Waals surface area contributed by atoms with Gasteiger partial charge in [0.2, 0.25) is 12.2 Å². The Balaban J connectivity index is 2.59. The fourth-order valence-electron chi connectivity index (χ4n) is 2.92. The lowest BCUT2D eigenvalue weighted by atomic mass is 9.65. The minimum Gasteiger partial charge on any atom is -0.461 e. The Labute approximate surface area is 153 Å². The predicted octanol–water partition coefficient (Wildman–Crippen LogP) is -0.146. The highest BCUT2D eigenvalue weighted by Crippen LogP contribution is 2.47. The number of carbonyl (C=O) groups excluding carboxylic acids is 3. The van der Waals surface area contributed by atoms with Crippen LogP contribution in [-0.4, -0.2) is 61.4 Å². The number of aromatic nitrogens is 1. The van der Waals surface area contributed by atoms with Gasteiger partial charge in [0.05, 0.1) is 12.8 Å².